The highest BCUT2D eigenvalue weighted by molar-refractivity contribution is 5.72. The third-order valence-corrected chi connectivity index (χ3v) is 3.71. The van der Waals surface area contributed by atoms with Crippen molar-refractivity contribution in [3.05, 3.63) is 0 Å². The maximum absolute atomic E-state index is 11.2. The molecule has 0 spiro atoms. The van der Waals surface area contributed by atoms with E-state index < -0.39 is 18.5 Å². The van der Waals surface area contributed by atoms with Gasteiger partial charge in [-0.3, -0.25) is 0 Å². The van der Waals surface area contributed by atoms with E-state index in [2.05, 4.69) is 11.7 Å². The van der Waals surface area contributed by atoms with E-state index in [0.29, 0.717) is 6.61 Å². The molecule has 1 N–H and O–H groups in total. The summed E-state index contributed by atoms with van der Waals surface area (Å²) in [6.07, 6.45) is 15.2. The number of ether oxygens (including phenoxy) is 2. The monoisotopic (exact) mass is 330 g/mol. The van der Waals surface area contributed by atoms with Crippen molar-refractivity contribution in [1.82, 2.24) is 0 Å². The highest BCUT2D eigenvalue weighted by Crippen LogP contribution is 2.11. The Hall–Kier alpha value is -1.10. The molecule has 136 valence electrons. The number of carbonyl (C=O) groups is 2. The van der Waals surface area contributed by atoms with Crippen molar-refractivity contribution in [2.24, 2.45) is 0 Å². The van der Waals surface area contributed by atoms with Crippen LogP contribution in [0.2, 0.25) is 0 Å². The van der Waals surface area contributed by atoms with Gasteiger partial charge in [0.1, 0.15) is 13.2 Å². The van der Waals surface area contributed by atoms with E-state index in [0.717, 1.165) is 12.8 Å². The standard InChI is InChI=1S/C18H34O5/c1-2-3-4-5-6-7-8-9-10-11-12-13-14-23-18(21)16-22-15-17(19)20/h2-16H2,1H3,(H,19,20). The number of unbranched alkanes of at least 4 members (excludes halogenated alkanes) is 11. The molecule has 0 saturated carbocycles. The van der Waals surface area contributed by atoms with E-state index in [1.807, 2.05) is 0 Å². The predicted molar refractivity (Wildman–Crippen MR) is 90.5 cm³/mol. The van der Waals surface area contributed by atoms with E-state index >= 15 is 0 Å². The molecule has 23 heavy (non-hydrogen) atoms. The Morgan fingerprint density at radius 3 is 1.70 bits per heavy atom. The molecule has 0 rings (SSSR count). The van der Waals surface area contributed by atoms with Crippen LogP contribution in [0.5, 0.6) is 0 Å². The van der Waals surface area contributed by atoms with Gasteiger partial charge in [0.2, 0.25) is 0 Å². The van der Waals surface area contributed by atoms with Crippen LogP contribution >= 0.6 is 0 Å². The summed E-state index contributed by atoms with van der Waals surface area (Å²) in [7, 11) is 0. The van der Waals surface area contributed by atoms with Crippen molar-refractivity contribution < 1.29 is 24.2 Å². The first-order valence-electron chi connectivity index (χ1n) is 9.12. The van der Waals surface area contributed by atoms with Gasteiger partial charge in [0.15, 0.2) is 0 Å². The Morgan fingerprint density at radius 1 is 0.739 bits per heavy atom. The lowest BCUT2D eigenvalue weighted by Gasteiger charge is -2.05. The molecule has 5 heteroatoms. The minimum Gasteiger partial charge on any atom is -0.480 e. The Kier molecular flexibility index (Phi) is 16.4. The van der Waals surface area contributed by atoms with Crippen LogP contribution in [-0.2, 0) is 19.1 Å². The van der Waals surface area contributed by atoms with Crippen molar-refractivity contribution in [2.75, 3.05) is 19.8 Å². The molecule has 0 atom stereocenters. The van der Waals surface area contributed by atoms with Gasteiger partial charge in [-0.1, -0.05) is 77.6 Å². The fraction of sp³-hybridized carbons (Fsp3) is 0.889. The maximum atomic E-state index is 11.2. The molecule has 0 aromatic carbocycles. The van der Waals surface area contributed by atoms with Gasteiger partial charge in [0, 0.05) is 0 Å². The minimum atomic E-state index is -1.08. The molecule has 5 nitrogen and oxygen atoms in total. The highest BCUT2D eigenvalue weighted by Gasteiger charge is 2.04. The quantitative estimate of drug-likeness (QED) is 0.317. The zero-order valence-corrected chi connectivity index (χ0v) is 14.7. The van der Waals surface area contributed by atoms with Gasteiger partial charge in [-0.05, 0) is 6.42 Å². The summed E-state index contributed by atoms with van der Waals surface area (Å²) in [5, 5.41) is 8.35. The highest BCUT2D eigenvalue weighted by atomic mass is 16.6. The number of aliphatic carboxylic acids is 1. The topological polar surface area (TPSA) is 72.8 Å². The maximum Gasteiger partial charge on any atom is 0.332 e. The summed E-state index contributed by atoms with van der Waals surface area (Å²) in [6.45, 7) is 1.89. The third kappa shape index (κ3) is 18.9. The van der Waals surface area contributed by atoms with Crippen LogP contribution in [0.25, 0.3) is 0 Å². The van der Waals surface area contributed by atoms with Crippen molar-refractivity contribution in [3.8, 4) is 0 Å². The molecule has 0 unspecified atom stereocenters. The van der Waals surface area contributed by atoms with Gasteiger partial charge in [-0.2, -0.15) is 0 Å². The zero-order chi connectivity index (χ0) is 17.2. The zero-order valence-electron chi connectivity index (χ0n) is 14.7. The summed E-state index contributed by atoms with van der Waals surface area (Å²) in [6, 6.07) is 0. The molecule has 0 aromatic heterocycles. The van der Waals surface area contributed by atoms with Crippen molar-refractivity contribution in [2.45, 2.75) is 84.0 Å². The average Bonchev–Trinajstić information content (AvgIpc) is 2.51. The van der Waals surface area contributed by atoms with E-state index in [1.165, 1.54) is 64.2 Å². The lowest BCUT2D eigenvalue weighted by Crippen LogP contribution is -2.16. The Morgan fingerprint density at radius 2 is 1.22 bits per heavy atom. The van der Waals surface area contributed by atoms with Gasteiger partial charge in [-0.15, -0.1) is 0 Å². The molecule has 0 aromatic rings. The van der Waals surface area contributed by atoms with Crippen LogP contribution in [-0.4, -0.2) is 36.9 Å². The number of esters is 1. The normalized spacial score (nSPS) is 10.7. The second-order valence-corrected chi connectivity index (χ2v) is 6.00. The number of hydrogen-bond donors (Lipinski definition) is 1. The van der Waals surface area contributed by atoms with Gasteiger partial charge >= 0.3 is 11.9 Å². The molecule has 0 aliphatic rings. The first kappa shape index (κ1) is 21.9. The van der Waals surface area contributed by atoms with Crippen LogP contribution in [0.4, 0.5) is 0 Å². The smallest absolute Gasteiger partial charge is 0.332 e. The van der Waals surface area contributed by atoms with Gasteiger partial charge in [0.05, 0.1) is 6.61 Å². The van der Waals surface area contributed by atoms with Crippen LogP contribution in [0.3, 0.4) is 0 Å². The van der Waals surface area contributed by atoms with E-state index in [4.69, 9.17) is 9.84 Å². The molecule has 0 fully saturated rings. The van der Waals surface area contributed by atoms with Crippen molar-refractivity contribution in [3.63, 3.8) is 0 Å². The Labute approximate surface area is 140 Å². The number of carbonyl (C=O) groups excluding carboxylic acids is 1. The summed E-state index contributed by atoms with van der Waals surface area (Å²) in [4.78, 5) is 21.4. The van der Waals surface area contributed by atoms with Crippen molar-refractivity contribution in [1.29, 1.82) is 0 Å². The molecular weight excluding hydrogens is 296 g/mol. The molecule has 0 amide bonds. The molecule has 0 radical (unpaired) electrons. The lowest BCUT2D eigenvalue weighted by molar-refractivity contribution is -0.152. The largest absolute Gasteiger partial charge is 0.480 e. The number of hydrogen-bond acceptors (Lipinski definition) is 4. The van der Waals surface area contributed by atoms with Gasteiger partial charge in [0.25, 0.3) is 0 Å². The number of carboxylic acids is 1. The molecule has 0 aliphatic heterocycles. The van der Waals surface area contributed by atoms with Crippen LogP contribution in [0, 0.1) is 0 Å². The van der Waals surface area contributed by atoms with Crippen LogP contribution < -0.4 is 0 Å². The minimum absolute atomic E-state index is 0.287. The Balaban J connectivity index is 3.12. The first-order chi connectivity index (χ1) is 11.2. The second-order valence-electron chi connectivity index (χ2n) is 6.00. The van der Waals surface area contributed by atoms with Gasteiger partial charge < -0.3 is 14.6 Å². The summed E-state index contributed by atoms with van der Waals surface area (Å²) in [5.74, 6) is -1.58. The van der Waals surface area contributed by atoms with Crippen LogP contribution in [0.15, 0.2) is 0 Å². The molecule has 0 saturated heterocycles. The fourth-order valence-electron chi connectivity index (χ4n) is 2.39. The lowest BCUT2D eigenvalue weighted by atomic mass is 10.1. The average molecular weight is 330 g/mol. The molecule has 0 aliphatic carbocycles. The molecular formula is C18H34O5. The van der Waals surface area contributed by atoms with Crippen molar-refractivity contribution >= 4 is 11.9 Å². The number of rotatable bonds is 17. The number of carboxylic acid groups (broad SMARTS) is 1. The van der Waals surface area contributed by atoms with E-state index in [-0.39, 0.29) is 6.61 Å². The molecule has 0 bridgehead atoms. The predicted octanol–water partition coefficient (Wildman–Crippen LogP) is 4.33. The second kappa shape index (κ2) is 17.3. The van der Waals surface area contributed by atoms with Gasteiger partial charge in [-0.25, -0.2) is 9.59 Å². The van der Waals surface area contributed by atoms with Crippen LogP contribution in [0.1, 0.15) is 84.0 Å². The fourth-order valence-corrected chi connectivity index (χ4v) is 2.39. The first-order valence-corrected chi connectivity index (χ1v) is 9.12. The SMILES string of the molecule is CCCCCCCCCCCCCCOC(=O)COCC(=O)O. The van der Waals surface area contributed by atoms with E-state index in [9.17, 15) is 9.59 Å². The summed E-state index contributed by atoms with van der Waals surface area (Å²) in [5.41, 5.74) is 0. The third-order valence-electron chi connectivity index (χ3n) is 3.71. The van der Waals surface area contributed by atoms with E-state index in [1.54, 1.807) is 0 Å². The summed E-state index contributed by atoms with van der Waals surface area (Å²) >= 11 is 0. The Bertz CT molecular complexity index is 291. The summed E-state index contributed by atoms with van der Waals surface area (Å²) < 4.78 is 9.61. The molecule has 0 heterocycles.